The summed E-state index contributed by atoms with van der Waals surface area (Å²) in [4.78, 5) is 2.41. The maximum atomic E-state index is 13.0. The molecule has 94 valence electrons. The smallest absolute Gasteiger partial charge is 0.123 e. The number of benzene rings is 1. The fourth-order valence-electron chi connectivity index (χ4n) is 2.74. The van der Waals surface area contributed by atoms with E-state index in [1.54, 1.807) is 0 Å². The molecule has 2 rings (SSSR count). The molecular weight excluding hydrogens is 215 g/mol. The van der Waals surface area contributed by atoms with E-state index in [9.17, 15) is 4.39 Å². The Bertz CT molecular complexity index is 350. The highest BCUT2D eigenvalue weighted by Gasteiger charge is 2.27. The van der Waals surface area contributed by atoms with Crippen LogP contribution in [-0.2, 0) is 0 Å². The van der Waals surface area contributed by atoms with Crippen molar-refractivity contribution in [2.75, 3.05) is 13.1 Å². The Hall–Kier alpha value is -0.930. The zero-order valence-corrected chi connectivity index (χ0v) is 10.4. The maximum Gasteiger partial charge on any atom is 0.123 e. The molecule has 1 saturated heterocycles. The first-order chi connectivity index (χ1) is 8.22. The average molecular weight is 236 g/mol. The van der Waals surface area contributed by atoms with Crippen molar-refractivity contribution < 1.29 is 4.39 Å². The second-order valence-electron chi connectivity index (χ2n) is 4.78. The first kappa shape index (κ1) is 12.5. The van der Waals surface area contributed by atoms with Crippen LogP contribution in [-0.4, -0.2) is 24.0 Å². The Balaban J connectivity index is 2.26. The Morgan fingerprint density at radius 1 is 1.29 bits per heavy atom. The Labute approximate surface area is 103 Å². The van der Waals surface area contributed by atoms with E-state index >= 15 is 0 Å². The Morgan fingerprint density at radius 3 is 2.65 bits per heavy atom. The zero-order valence-electron chi connectivity index (χ0n) is 10.4. The van der Waals surface area contributed by atoms with Gasteiger partial charge in [0, 0.05) is 12.1 Å². The van der Waals surface area contributed by atoms with Crippen LogP contribution in [0.1, 0.15) is 37.8 Å². The predicted molar refractivity (Wildman–Crippen MR) is 68.2 cm³/mol. The lowest BCUT2D eigenvalue weighted by Gasteiger charge is -2.32. The number of hydrogen-bond donors (Lipinski definition) is 1. The van der Waals surface area contributed by atoms with Gasteiger partial charge in [0.05, 0.1) is 0 Å². The summed E-state index contributed by atoms with van der Waals surface area (Å²) in [5.41, 5.74) is 7.42. The molecule has 0 spiro atoms. The van der Waals surface area contributed by atoms with E-state index in [0.717, 1.165) is 25.1 Å². The monoisotopic (exact) mass is 236 g/mol. The van der Waals surface area contributed by atoms with Gasteiger partial charge >= 0.3 is 0 Å². The van der Waals surface area contributed by atoms with Crippen LogP contribution in [0.25, 0.3) is 0 Å². The summed E-state index contributed by atoms with van der Waals surface area (Å²) in [6.07, 6.45) is 3.45. The molecule has 1 aromatic rings. The van der Waals surface area contributed by atoms with E-state index < -0.39 is 0 Å². The van der Waals surface area contributed by atoms with Gasteiger partial charge in [0.25, 0.3) is 0 Å². The molecule has 0 amide bonds. The first-order valence-corrected chi connectivity index (χ1v) is 6.47. The van der Waals surface area contributed by atoms with Gasteiger partial charge < -0.3 is 5.73 Å². The number of nitrogens with zero attached hydrogens (tertiary/aromatic N) is 1. The zero-order chi connectivity index (χ0) is 12.3. The average Bonchev–Trinajstić information content (AvgIpc) is 2.52. The standard InChI is InChI=1S/C14H21FN2/c1-2-17-10-4-3-5-13(16)14(17)11-6-8-12(15)9-7-11/h6-9,13-14H,2-5,10,16H2,1H3. The lowest BCUT2D eigenvalue weighted by molar-refractivity contribution is 0.195. The van der Waals surface area contributed by atoms with Gasteiger partial charge in [-0.3, -0.25) is 4.90 Å². The SMILES string of the molecule is CCN1CCCCC(N)C1c1ccc(F)cc1. The minimum Gasteiger partial charge on any atom is -0.326 e. The van der Waals surface area contributed by atoms with Gasteiger partial charge in [-0.15, -0.1) is 0 Å². The molecule has 1 aromatic carbocycles. The van der Waals surface area contributed by atoms with Crippen molar-refractivity contribution in [3.63, 3.8) is 0 Å². The summed E-state index contributed by atoms with van der Waals surface area (Å²) in [6, 6.07) is 7.19. The van der Waals surface area contributed by atoms with Crippen LogP contribution >= 0.6 is 0 Å². The highest BCUT2D eigenvalue weighted by Crippen LogP contribution is 2.29. The van der Waals surface area contributed by atoms with E-state index in [4.69, 9.17) is 5.73 Å². The number of nitrogens with two attached hydrogens (primary N) is 1. The molecule has 0 saturated carbocycles. The third-order valence-corrected chi connectivity index (χ3v) is 3.65. The normalized spacial score (nSPS) is 26.8. The minimum atomic E-state index is -0.181. The summed E-state index contributed by atoms with van der Waals surface area (Å²) in [5.74, 6) is -0.181. The van der Waals surface area contributed by atoms with Crippen LogP contribution < -0.4 is 5.73 Å². The van der Waals surface area contributed by atoms with Gasteiger partial charge in [0.1, 0.15) is 5.82 Å². The Kier molecular flexibility index (Phi) is 4.13. The number of likely N-dealkylation sites (N-methyl/N-ethyl adjacent to an activating group) is 1. The molecule has 0 aromatic heterocycles. The number of halogens is 1. The van der Waals surface area contributed by atoms with Gasteiger partial charge in [-0.1, -0.05) is 25.5 Å². The molecular formula is C14H21FN2. The molecule has 0 bridgehead atoms. The van der Waals surface area contributed by atoms with Gasteiger partial charge in [0.2, 0.25) is 0 Å². The lowest BCUT2D eigenvalue weighted by Crippen LogP contribution is -2.39. The number of likely N-dealkylation sites (tertiary alicyclic amines) is 1. The number of rotatable bonds is 2. The van der Waals surface area contributed by atoms with Crippen LogP contribution in [0.4, 0.5) is 4.39 Å². The van der Waals surface area contributed by atoms with E-state index in [-0.39, 0.29) is 17.9 Å². The second kappa shape index (κ2) is 5.61. The van der Waals surface area contributed by atoms with E-state index in [1.807, 2.05) is 12.1 Å². The highest BCUT2D eigenvalue weighted by molar-refractivity contribution is 5.22. The summed E-state index contributed by atoms with van der Waals surface area (Å²) >= 11 is 0. The molecule has 2 atom stereocenters. The molecule has 0 aliphatic carbocycles. The van der Waals surface area contributed by atoms with Crippen molar-refractivity contribution in [1.82, 2.24) is 4.90 Å². The molecule has 0 radical (unpaired) electrons. The van der Waals surface area contributed by atoms with Gasteiger partial charge in [-0.05, 0) is 43.6 Å². The third kappa shape index (κ3) is 2.85. The molecule has 1 aliphatic rings. The summed E-state index contributed by atoms with van der Waals surface area (Å²) in [6.45, 7) is 4.25. The summed E-state index contributed by atoms with van der Waals surface area (Å²) in [7, 11) is 0. The van der Waals surface area contributed by atoms with Crippen molar-refractivity contribution >= 4 is 0 Å². The Morgan fingerprint density at radius 2 is 2.00 bits per heavy atom. The van der Waals surface area contributed by atoms with Crippen molar-refractivity contribution in [3.8, 4) is 0 Å². The van der Waals surface area contributed by atoms with Crippen molar-refractivity contribution in [1.29, 1.82) is 0 Å². The van der Waals surface area contributed by atoms with E-state index in [0.29, 0.717) is 0 Å². The number of hydrogen-bond acceptors (Lipinski definition) is 2. The molecule has 1 fully saturated rings. The van der Waals surface area contributed by atoms with Crippen molar-refractivity contribution in [2.45, 2.75) is 38.3 Å². The molecule has 2 unspecified atom stereocenters. The molecule has 3 heteroatoms. The molecule has 1 aliphatic heterocycles. The minimum absolute atomic E-state index is 0.155. The molecule has 17 heavy (non-hydrogen) atoms. The predicted octanol–water partition coefficient (Wildman–Crippen LogP) is 2.70. The highest BCUT2D eigenvalue weighted by atomic mass is 19.1. The molecule has 1 heterocycles. The maximum absolute atomic E-state index is 13.0. The molecule has 2 nitrogen and oxygen atoms in total. The fourth-order valence-corrected chi connectivity index (χ4v) is 2.74. The van der Waals surface area contributed by atoms with E-state index in [1.165, 1.54) is 25.0 Å². The summed E-state index contributed by atoms with van der Waals surface area (Å²) in [5, 5.41) is 0. The summed E-state index contributed by atoms with van der Waals surface area (Å²) < 4.78 is 13.0. The van der Waals surface area contributed by atoms with Crippen molar-refractivity contribution in [2.24, 2.45) is 5.73 Å². The van der Waals surface area contributed by atoms with Crippen LogP contribution in [0.2, 0.25) is 0 Å². The third-order valence-electron chi connectivity index (χ3n) is 3.65. The lowest BCUT2D eigenvalue weighted by atomic mass is 9.96. The van der Waals surface area contributed by atoms with Gasteiger partial charge in [-0.2, -0.15) is 0 Å². The second-order valence-corrected chi connectivity index (χ2v) is 4.78. The van der Waals surface area contributed by atoms with Crippen LogP contribution in [0.3, 0.4) is 0 Å². The van der Waals surface area contributed by atoms with Crippen LogP contribution in [0, 0.1) is 5.82 Å². The fraction of sp³-hybridized carbons (Fsp3) is 0.571. The van der Waals surface area contributed by atoms with Crippen molar-refractivity contribution in [3.05, 3.63) is 35.6 Å². The van der Waals surface area contributed by atoms with Crippen LogP contribution in [0.15, 0.2) is 24.3 Å². The van der Waals surface area contributed by atoms with Gasteiger partial charge in [-0.25, -0.2) is 4.39 Å². The van der Waals surface area contributed by atoms with Crippen LogP contribution in [0.5, 0.6) is 0 Å². The quantitative estimate of drug-likeness (QED) is 0.855. The topological polar surface area (TPSA) is 29.3 Å². The van der Waals surface area contributed by atoms with E-state index in [2.05, 4.69) is 11.8 Å². The first-order valence-electron chi connectivity index (χ1n) is 6.47. The largest absolute Gasteiger partial charge is 0.326 e. The molecule has 2 N–H and O–H groups in total. The van der Waals surface area contributed by atoms with Gasteiger partial charge in [0.15, 0.2) is 0 Å².